The van der Waals surface area contributed by atoms with Crippen molar-refractivity contribution in [3.63, 3.8) is 0 Å². The lowest BCUT2D eigenvalue weighted by atomic mass is 10.2. The molecule has 1 atom stereocenters. The van der Waals surface area contributed by atoms with E-state index in [0.717, 1.165) is 25.0 Å². The van der Waals surface area contributed by atoms with Crippen molar-refractivity contribution in [3.8, 4) is 0 Å². The lowest BCUT2D eigenvalue weighted by Gasteiger charge is -2.08. The number of anilines is 2. The molecule has 1 unspecified atom stereocenters. The van der Waals surface area contributed by atoms with Crippen LogP contribution in [0.5, 0.6) is 0 Å². The van der Waals surface area contributed by atoms with E-state index in [1.54, 1.807) is 18.2 Å². The van der Waals surface area contributed by atoms with Gasteiger partial charge in [-0.25, -0.2) is 0 Å². The van der Waals surface area contributed by atoms with Gasteiger partial charge in [-0.15, -0.1) is 0 Å². The highest BCUT2D eigenvalue weighted by atomic mass is 35.5. The summed E-state index contributed by atoms with van der Waals surface area (Å²) in [6.07, 6.45) is 4.19. The van der Waals surface area contributed by atoms with Gasteiger partial charge in [0.15, 0.2) is 0 Å². The molecule has 3 N–H and O–H groups in total. The molecule has 4 nitrogen and oxygen atoms in total. The molecule has 0 aliphatic carbocycles. The predicted molar refractivity (Wildman–Crippen MR) is 91.1 cm³/mol. The predicted octanol–water partition coefficient (Wildman–Crippen LogP) is 3.58. The summed E-state index contributed by atoms with van der Waals surface area (Å²) in [5.74, 6) is 1.17. The summed E-state index contributed by atoms with van der Waals surface area (Å²) in [6, 6.07) is 4.95. The molecule has 0 fully saturated rings. The number of hydrogen-bond acceptors (Lipinski definition) is 3. The monoisotopic (exact) mass is 330 g/mol. The fraction of sp³-hybridized carbons (Fsp3) is 0.533. The Hall–Kier alpha value is -1.07. The molecule has 21 heavy (non-hydrogen) atoms. The fourth-order valence-electron chi connectivity index (χ4n) is 1.86. The van der Waals surface area contributed by atoms with Gasteiger partial charge in [0, 0.05) is 33.7 Å². The maximum atomic E-state index is 11.8. The van der Waals surface area contributed by atoms with Gasteiger partial charge in [0.1, 0.15) is 0 Å². The zero-order chi connectivity index (χ0) is 15.7. The second-order valence-electron chi connectivity index (χ2n) is 4.94. The van der Waals surface area contributed by atoms with Crippen LogP contribution in [-0.2, 0) is 15.6 Å². The standard InChI is InChI=1S/C15H23ClN2O2S/c1-2-3-4-9-21(20)10-5-6-15(19)18-14-11-12(16)7-8-13(14)17/h7-8,11H,2-6,9-10,17H2,1H3,(H,18,19). The van der Waals surface area contributed by atoms with Crippen LogP contribution in [0, 0.1) is 0 Å². The fourth-order valence-corrected chi connectivity index (χ4v) is 3.23. The first kappa shape index (κ1) is 18.0. The van der Waals surface area contributed by atoms with E-state index in [4.69, 9.17) is 17.3 Å². The van der Waals surface area contributed by atoms with Gasteiger partial charge < -0.3 is 11.1 Å². The average Bonchev–Trinajstić information content (AvgIpc) is 2.43. The second kappa shape index (κ2) is 9.79. The number of hydrogen-bond donors (Lipinski definition) is 2. The molecule has 0 bridgehead atoms. The minimum Gasteiger partial charge on any atom is -0.397 e. The van der Waals surface area contributed by atoms with E-state index in [2.05, 4.69) is 12.2 Å². The van der Waals surface area contributed by atoms with Crippen LogP contribution < -0.4 is 11.1 Å². The first-order chi connectivity index (χ1) is 10.0. The van der Waals surface area contributed by atoms with Gasteiger partial charge in [0.2, 0.25) is 5.91 Å². The van der Waals surface area contributed by atoms with Gasteiger partial charge in [-0.1, -0.05) is 31.4 Å². The highest BCUT2D eigenvalue weighted by Gasteiger charge is 2.07. The zero-order valence-electron chi connectivity index (χ0n) is 12.4. The molecule has 0 saturated heterocycles. The number of carbonyl (C=O) groups is 1. The van der Waals surface area contributed by atoms with E-state index in [0.29, 0.717) is 35.0 Å². The number of benzene rings is 1. The molecule has 0 saturated carbocycles. The third-order valence-electron chi connectivity index (χ3n) is 3.04. The lowest BCUT2D eigenvalue weighted by Crippen LogP contribution is -2.14. The molecule has 1 amide bonds. The van der Waals surface area contributed by atoms with Gasteiger partial charge in [0.05, 0.1) is 11.4 Å². The van der Waals surface area contributed by atoms with Crippen molar-refractivity contribution in [2.75, 3.05) is 22.6 Å². The number of nitrogens with one attached hydrogen (secondary N) is 1. The molecule has 6 heteroatoms. The molecule has 0 aromatic heterocycles. The summed E-state index contributed by atoms with van der Waals surface area (Å²) in [5.41, 5.74) is 6.77. The molecule has 118 valence electrons. The zero-order valence-corrected chi connectivity index (χ0v) is 13.9. The van der Waals surface area contributed by atoms with Gasteiger partial charge in [-0.05, 0) is 31.0 Å². The van der Waals surface area contributed by atoms with E-state index in [-0.39, 0.29) is 5.91 Å². The molecule has 1 aromatic rings. The van der Waals surface area contributed by atoms with E-state index in [1.807, 2.05) is 0 Å². The minimum absolute atomic E-state index is 0.130. The third kappa shape index (κ3) is 7.48. The van der Waals surface area contributed by atoms with Crippen LogP contribution in [0.1, 0.15) is 39.0 Å². The molecular formula is C15H23ClN2O2S. The van der Waals surface area contributed by atoms with Crippen LogP contribution in [0.3, 0.4) is 0 Å². The van der Waals surface area contributed by atoms with Crippen LogP contribution in [-0.4, -0.2) is 21.6 Å². The summed E-state index contributed by atoms with van der Waals surface area (Å²) in [6.45, 7) is 2.12. The van der Waals surface area contributed by atoms with Crippen molar-refractivity contribution in [1.29, 1.82) is 0 Å². The molecule has 1 aromatic carbocycles. The number of amides is 1. The molecular weight excluding hydrogens is 308 g/mol. The minimum atomic E-state index is -0.818. The van der Waals surface area contributed by atoms with Gasteiger partial charge in [-0.3, -0.25) is 9.00 Å². The van der Waals surface area contributed by atoms with E-state index >= 15 is 0 Å². The van der Waals surface area contributed by atoms with Crippen LogP contribution in [0.2, 0.25) is 5.02 Å². The number of halogens is 1. The Labute approximate surface area is 133 Å². The maximum absolute atomic E-state index is 11.8. The maximum Gasteiger partial charge on any atom is 0.224 e. The summed E-state index contributed by atoms with van der Waals surface area (Å²) in [4.78, 5) is 11.8. The van der Waals surface area contributed by atoms with Crippen molar-refractivity contribution in [2.45, 2.75) is 39.0 Å². The Kier molecular flexibility index (Phi) is 8.38. The van der Waals surface area contributed by atoms with Crippen LogP contribution in [0.15, 0.2) is 18.2 Å². The van der Waals surface area contributed by atoms with Crippen molar-refractivity contribution < 1.29 is 9.00 Å². The first-order valence-electron chi connectivity index (χ1n) is 7.22. The summed E-state index contributed by atoms with van der Waals surface area (Å²) in [7, 11) is -0.818. The summed E-state index contributed by atoms with van der Waals surface area (Å²) in [5, 5.41) is 3.25. The average molecular weight is 331 g/mol. The van der Waals surface area contributed by atoms with Crippen LogP contribution in [0.4, 0.5) is 11.4 Å². The van der Waals surface area contributed by atoms with E-state index in [9.17, 15) is 9.00 Å². The molecule has 0 aliphatic heterocycles. The quantitative estimate of drug-likeness (QED) is 0.537. The highest BCUT2D eigenvalue weighted by Crippen LogP contribution is 2.23. The van der Waals surface area contributed by atoms with Crippen molar-refractivity contribution >= 4 is 39.7 Å². The van der Waals surface area contributed by atoms with Gasteiger partial charge >= 0.3 is 0 Å². The van der Waals surface area contributed by atoms with Crippen molar-refractivity contribution in [1.82, 2.24) is 0 Å². The molecule has 0 radical (unpaired) electrons. The lowest BCUT2D eigenvalue weighted by molar-refractivity contribution is -0.116. The SMILES string of the molecule is CCCCCS(=O)CCCC(=O)Nc1cc(Cl)ccc1N. The Morgan fingerprint density at radius 3 is 2.71 bits per heavy atom. The number of nitrogens with two attached hydrogens (primary N) is 1. The summed E-state index contributed by atoms with van der Waals surface area (Å²) >= 11 is 5.86. The number of carbonyl (C=O) groups excluding carboxylic acids is 1. The molecule has 1 rings (SSSR count). The van der Waals surface area contributed by atoms with Gasteiger partial charge in [0.25, 0.3) is 0 Å². The topological polar surface area (TPSA) is 72.2 Å². The third-order valence-corrected chi connectivity index (χ3v) is 4.76. The van der Waals surface area contributed by atoms with Crippen molar-refractivity contribution in [3.05, 3.63) is 23.2 Å². The molecule has 0 spiro atoms. The van der Waals surface area contributed by atoms with E-state index in [1.165, 1.54) is 0 Å². The molecule has 0 aliphatic rings. The first-order valence-corrected chi connectivity index (χ1v) is 9.09. The smallest absolute Gasteiger partial charge is 0.224 e. The van der Waals surface area contributed by atoms with Crippen LogP contribution >= 0.6 is 11.6 Å². The van der Waals surface area contributed by atoms with E-state index < -0.39 is 10.8 Å². The summed E-state index contributed by atoms with van der Waals surface area (Å²) < 4.78 is 11.7. The highest BCUT2D eigenvalue weighted by molar-refractivity contribution is 7.84. The number of rotatable bonds is 9. The molecule has 0 heterocycles. The van der Waals surface area contributed by atoms with Crippen LogP contribution in [0.25, 0.3) is 0 Å². The van der Waals surface area contributed by atoms with Crippen molar-refractivity contribution in [2.24, 2.45) is 0 Å². The Morgan fingerprint density at radius 2 is 2.00 bits per heavy atom. The van der Waals surface area contributed by atoms with Gasteiger partial charge in [-0.2, -0.15) is 0 Å². The second-order valence-corrected chi connectivity index (χ2v) is 7.07. The number of unbranched alkanes of at least 4 members (excludes halogenated alkanes) is 2. The Balaban J connectivity index is 2.28. The Morgan fingerprint density at radius 1 is 1.29 bits per heavy atom. The normalized spacial score (nSPS) is 12.1. The Bertz CT molecular complexity index is 495. The largest absolute Gasteiger partial charge is 0.397 e. The number of nitrogen functional groups attached to an aromatic ring is 1.